The van der Waals surface area contributed by atoms with Crippen molar-refractivity contribution in [2.75, 3.05) is 5.32 Å². The van der Waals surface area contributed by atoms with Crippen LogP contribution >= 0.6 is 0 Å². The molecule has 2 heterocycles. The van der Waals surface area contributed by atoms with Gasteiger partial charge in [-0.1, -0.05) is 18.2 Å². The van der Waals surface area contributed by atoms with Gasteiger partial charge in [-0.3, -0.25) is 14.2 Å². The zero-order chi connectivity index (χ0) is 20.4. The number of hydrogen-bond acceptors (Lipinski definition) is 3. The number of pyridine rings is 2. The highest BCUT2D eigenvalue weighted by Crippen LogP contribution is 2.16. The third-order valence-electron chi connectivity index (χ3n) is 4.48. The first-order valence-corrected chi connectivity index (χ1v) is 8.82. The third-order valence-corrected chi connectivity index (χ3v) is 4.48. The molecule has 0 saturated carbocycles. The van der Waals surface area contributed by atoms with Crippen LogP contribution in [0.25, 0.3) is 11.0 Å². The molecule has 5 nitrogen and oxygen atoms in total. The van der Waals surface area contributed by atoms with Gasteiger partial charge in [-0.25, -0.2) is 13.8 Å². The summed E-state index contributed by atoms with van der Waals surface area (Å²) in [6.07, 6.45) is 1.53. The number of halogens is 2. The SMILES string of the molecule is O=C(Nc1ccc(F)cc1)c1cc2cccnc2n(Cc2ccccc2F)c1=O. The summed E-state index contributed by atoms with van der Waals surface area (Å²) < 4.78 is 28.5. The quantitative estimate of drug-likeness (QED) is 0.572. The second-order valence-electron chi connectivity index (χ2n) is 6.42. The van der Waals surface area contributed by atoms with Crippen molar-refractivity contribution < 1.29 is 13.6 Å². The molecule has 0 aliphatic heterocycles. The molecule has 4 aromatic rings. The first-order chi connectivity index (χ1) is 14.0. The van der Waals surface area contributed by atoms with Crippen LogP contribution in [-0.2, 0) is 6.54 Å². The van der Waals surface area contributed by atoms with Crippen LogP contribution in [0.5, 0.6) is 0 Å². The number of fused-ring (bicyclic) bond motifs is 1. The molecule has 0 saturated heterocycles. The first-order valence-electron chi connectivity index (χ1n) is 8.82. The molecule has 0 aliphatic rings. The topological polar surface area (TPSA) is 64.0 Å². The first kappa shape index (κ1) is 18.5. The molecule has 144 valence electrons. The lowest BCUT2D eigenvalue weighted by Crippen LogP contribution is -2.30. The van der Waals surface area contributed by atoms with Crippen LogP contribution < -0.4 is 10.9 Å². The molecule has 7 heteroatoms. The van der Waals surface area contributed by atoms with Crippen LogP contribution in [0.3, 0.4) is 0 Å². The molecular weight excluding hydrogens is 376 g/mol. The van der Waals surface area contributed by atoms with Crippen LogP contribution in [0.2, 0.25) is 0 Å². The van der Waals surface area contributed by atoms with E-state index in [0.29, 0.717) is 22.3 Å². The number of rotatable bonds is 4. The molecule has 1 amide bonds. The fraction of sp³-hybridized carbons (Fsp3) is 0.0455. The van der Waals surface area contributed by atoms with Crippen LogP contribution in [0.15, 0.2) is 77.7 Å². The van der Waals surface area contributed by atoms with Gasteiger partial charge in [0.15, 0.2) is 0 Å². The van der Waals surface area contributed by atoms with E-state index in [2.05, 4.69) is 10.3 Å². The lowest BCUT2D eigenvalue weighted by Gasteiger charge is -2.13. The van der Waals surface area contributed by atoms with Crippen molar-refractivity contribution in [1.82, 2.24) is 9.55 Å². The standard InChI is InChI=1S/C22H15F2N3O2/c23-16-7-9-17(10-8-16)26-21(28)18-12-14-5-3-11-25-20(14)27(22(18)29)13-15-4-1-2-6-19(15)24/h1-12H,13H2,(H,26,28). The number of carbonyl (C=O) groups excluding carboxylic acids is 1. The van der Waals surface area contributed by atoms with E-state index < -0.39 is 23.1 Å². The Hall–Kier alpha value is -3.87. The van der Waals surface area contributed by atoms with E-state index >= 15 is 0 Å². The second kappa shape index (κ2) is 7.63. The largest absolute Gasteiger partial charge is 0.322 e. The molecule has 1 N–H and O–H groups in total. The van der Waals surface area contributed by atoms with E-state index in [1.54, 1.807) is 30.3 Å². The Morgan fingerprint density at radius 1 is 1.00 bits per heavy atom. The van der Waals surface area contributed by atoms with Crippen LogP contribution in [0.4, 0.5) is 14.5 Å². The Bertz CT molecular complexity index is 1270. The molecule has 0 unspecified atom stereocenters. The number of nitrogens with one attached hydrogen (secondary N) is 1. The molecule has 0 bridgehead atoms. The van der Waals surface area contributed by atoms with E-state index in [9.17, 15) is 18.4 Å². The molecule has 2 aromatic carbocycles. The van der Waals surface area contributed by atoms with Crippen LogP contribution in [0.1, 0.15) is 15.9 Å². The normalized spacial score (nSPS) is 10.8. The average molecular weight is 391 g/mol. The third kappa shape index (κ3) is 3.75. The fourth-order valence-electron chi connectivity index (χ4n) is 3.04. The molecule has 0 spiro atoms. The highest BCUT2D eigenvalue weighted by Gasteiger charge is 2.17. The Labute approximate surface area is 164 Å². The number of amides is 1. The predicted molar refractivity (Wildman–Crippen MR) is 106 cm³/mol. The number of benzene rings is 2. The van der Waals surface area contributed by atoms with E-state index in [4.69, 9.17) is 0 Å². The van der Waals surface area contributed by atoms with Gasteiger partial charge in [-0.15, -0.1) is 0 Å². The van der Waals surface area contributed by atoms with Gasteiger partial charge in [0.05, 0.1) is 6.54 Å². The van der Waals surface area contributed by atoms with Gasteiger partial charge < -0.3 is 5.32 Å². The summed E-state index contributed by atoms with van der Waals surface area (Å²) in [7, 11) is 0. The zero-order valence-electron chi connectivity index (χ0n) is 15.1. The lowest BCUT2D eigenvalue weighted by atomic mass is 10.1. The highest BCUT2D eigenvalue weighted by molar-refractivity contribution is 6.05. The smallest absolute Gasteiger partial charge is 0.265 e. The van der Waals surface area contributed by atoms with Gasteiger partial charge in [0.2, 0.25) is 0 Å². The van der Waals surface area contributed by atoms with Gasteiger partial charge in [-0.05, 0) is 48.5 Å². The van der Waals surface area contributed by atoms with E-state index in [0.717, 1.165) is 0 Å². The Morgan fingerprint density at radius 2 is 1.76 bits per heavy atom. The molecule has 0 fully saturated rings. The number of anilines is 1. The van der Waals surface area contributed by atoms with Crippen molar-refractivity contribution >= 4 is 22.6 Å². The molecular formula is C22H15F2N3O2. The van der Waals surface area contributed by atoms with Crippen molar-refractivity contribution in [3.05, 3.63) is 106 Å². The van der Waals surface area contributed by atoms with E-state index in [1.165, 1.54) is 47.2 Å². The minimum atomic E-state index is -0.644. The lowest BCUT2D eigenvalue weighted by molar-refractivity contribution is 0.102. The Kier molecular flexibility index (Phi) is 4.87. The molecule has 2 aromatic heterocycles. The summed E-state index contributed by atoms with van der Waals surface area (Å²) in [5.74, 6) is -1.54. The van der Waals surface area contributed by atoms with Gasteiger partial charge in [0.1, 0.15) is 22.8 Å². The Balaban J connectivity index is 1.80. The number of aromatic nitrogens is 2. The molecule has 4 rings (SSSR count). The fourth-order valence-corrected chi connectivity index (χ4v) is 3.04. The van der Waals surface area contributed by atoms with Crippen molar-refractivity contribution in [2.24, 2.45) is 0 Å². The summed E-state index contributed by atoms with van der Waals surface area (Å²) in [4.78, 5) is 30.0. The summed E-state index contributed by atoms with van der Waals surface area (Å²) in [6, 6.07) is 16.2. The van der Waals surface area contributed by atoms with Crippen molar-refractivity contribution in [1.29, 1.82) is 0 Å². The summed E-state index contributed by atoms with van der Waals surface area (Å²) in [5.41, 5.74) is 0.282. The number of nitrogens with zero attached hydrogens (tertiary/aromatic N) is 2. The second-order valence-corrected chi connectivity index (χ2v) is 6.42. The maximum atomic E-state index is 14.1. The van der Waals surface area contributed by atoms with Crippen molar-refractivity contribution in [2.45, 2.75) is 6.54 Å². The van der Waals surface area contributed by atoms with Crippen LogP contribution in [0, 0.1) is 11.6 Å². The number of carbonyl (C=O) groups is 1. The molecule has 0 atom stereocenters. The van der Waals surface area contributed by atoms with Crippen molar-refractivity contribution in [3.8, 4) is 0 Å². The minimum absolute atomic E-state index is 0.0727. The Morgan fingerprint density at radius 3 is 2.52 bits per heavy atom. The zero-order valence-corrected chi connectivity index (χ0v) is 15.1. The van der Waals surface area contributed by atoms with Gasteiger partial charge in [-0.2, -0.15) is 0 Å². The van der Waals surface area contributed by atoms with Gasteiger partial charge >= 0.3 is 0 Å². The van der Waals surface area contributed by atoms with Crippen molar-refractivity contribution in [3.63, 3.8) is 0 Å². The summed E-state index contributed by atoms with van der Waals surface area (Å²) in [6.45, 7) is -0.0727. The molecule has 0 radical (unpaired) electrons. The van der Waals surface area contributed by atoms with Gasteiger partial charge in [0, 0.05) is 22.8 Å². The summed E-state index contributed by atoms with van der Waals surface area (Å²) >= 11 is 0. The maximum absolute atomic E-state index is 14.1. The maximum Gasteiger partial charge on any atom is 0.265 e. The van der Waals surface area contributed by atoms with E-state index in [1.807, 2.05) is 0 Å². The summed E-state index contributed by atoms with van der Waals surface area (Å²) in [5, 5.41) is 3.14. The monoisotopic (exact) mass is 391 g/mol. The average Bonchev–Trinajstić information content (AvgIpc) is 2.73. The molecule has 0 aliphatic carbocycles. The minimum Gasteiger partial charge on any atom is -0.322 e. The highest BCUT2D eigenvalue weighted by atomic mass is 19.1. The van der Waals surface area contributed by atoms with Crippen LogP contribution in [-0.4, -0.2) is 15.5 Å². The predicted octanol–water partition coefficient (Wildman–Crippen LogP) is 3.98. The van der Waals surface area contributed by atoms with Gasteiger partial charge in [0.25, 0.3) is 11.5 Å². The number of hydrogen-bond donors (Lipinski definition) is 1. The molecule has 29 heavy (non-hydrogen) atoms. The van der Waals surface area contributed by atoms with E-state index in [-0.39, 0.29) is 12.1 Å².